The highest BCUT2D eigenvalue weighted by Crippen LogP contribution is 2.24. The molecule has 2 rings (SSSR count). The monoisotopic (exact) mass is 316 g/mol. The van der Waals surface area contributed by atoms with Crippen molar-refractivity contribution >= 4 is 21.6 Å². The second kappa shape index (κ2) is 6.37. The SMILES string of the molecule is N#C[C@H](O)[C@@H](Nc1ccccc1)c1ccc(Br)cc1. The highest BCUT2D eigenvalue weighted by Gasteiger charge is 2.20. The molecule has 0 radical (unpaired) electrons. The van der Waals surface area contributed by atoms with E-state index in [4.69, 9.17) is 5.26 Å². The Kier molecular flexibility index (Phi) is 4.56. The number of hydrogen-bond donors (Lipinski definition) is 2. The molecule has 0 amide bonds. The van der Waals surface area contributed by atoms with Gasteiger partial charge in [0.2, 0.25) is 0 Å². The first-order valence-corrected chi connectivity index (χ1v) is 6.65. The predicted molar refractivity (Wildman–Crippen MR) is 78.6 cm³/mol. The lowest BCUT2D eigenvalue weighted by Crippen LogP contribution is -2.24. The quantitative estimate of drug-likeness (QED) is 0.849. The maximum atomic E-state index is 9.87. The van der Waals surface area contributed by atoms with Gasteiger partial charge in [-0.3, -0.25) is 0 Å². The van der Waals surface area contributed by atoms with E-state index in [1.165, 1.54) is 0 Å². The zero-order valence-electron chi connectivity index (χ0n) is 10.1. The molecule has 0 bridgehead atoms. The van der Waals surface area contributed by atoms with E-state index in [1.807, 2.05) is 60.7 Å². The Morgan fingerprint density at radius 2 is 1.68 bits per heavy atom. The smallest absolute Gasteiger partial charge is 0.164 e. The van der Waals surface area contributed by atoms with Crippen LogP contribution in [0.2, 0.25) is 0 Å². The van der Waals surface area contributed by atoms with E-state index in [2.05, 4.69) is 21.2 Å². The van der Waals surface area contributed by atoms with E-state index in [9.17, 15) is 5.11 Å². The van der Waals surface area contributed by atoms with Crippen molar-refractivity contribution in [2.45, 2.75) is 12.1 Å². The lowest BCUT2D eigenvalue weighted by atomic mass is 10.0. The fourth-order valence-corrected chi connectivity index (χ4v) is 2.07. The third kappa shape index (κ3) is 3.57. The van der Waals surface area contributed by atoms with Crippen molar-refractivity contribution in [1.29, 1.82) is 5.26 Å². The third-order valence-corrected chi connectivity index (χ3v) is 3.30. The van der Waals surface area contributed by atoms with Crippen LogP contribution in [0.3, 0.4) is 0 Å². The number of aliphatic hydroxyl groups excluding tert-OH is 1. The van der Waals surface area contributed by atoms with Crippen LogP contribution in [-0.2, 0) is 0 Å². The summed E-state index contributed by atoms with van der Waals surface area (Å²) in [5.41, 5.74) is 1.73. The van der Waals surface area contributed by atoms with Crippen LogP contribution in [0.25, 0.3) is 0 Å². The predicted octanol–water partition coefficient (Wildman–Crippen LogP) is 3.49. The molecule has 2 aromatic carbocycles. The van der Waals surface area contributed by atoms with Gasteiger partial charge in [0.15, 0.2) is 6.10 Å². The van der Waals surface area contributed by atoms with Crippen molar-refractivity contribution in [2.24, 2.45) is 0 Å². The number of aliphatic hydroxyl groups is 1. The molecule has 0 aromatic heterocycles. The summed E-state index contributed by atoms with van der Waals surface area (Å²) >= 11 is 3.37. The molecule has 2 atom stereocenters. The average Bonchev–Trinajstić information content (AvgIpc) is 2.46. The fraction of sp³-hybridized carbons (Fsp3) is 0.133. The van der Waals surface area contributed by atoms with Crippen LogP contribution in [0.15, 0.2) is 59.1 Å². The summed E-state index contributed by atoms with van der Waals surface area (Å²) in [5, 5.41) is 22.0. The molecule has 0 aliphatic rings. The molecule has 19 heavy (non-hydrogen) atoms. The van der Waals surface area contributed by atoms with Gasteiger partial charge in [-0.05, 0) is 29.8 Å². The number of halogens is 1. The van der Waals surface area contributed by atoms with Crippen LogP contribution >= 0.6 is 15.9 Å². The zero-order valence-corrected chi connectivity index (χ0v) is 11.7. The summed E-state index contributed by atoms with van der Waals surface area (Å²) in [6, 6.07) is 18.5. The van der Waals surface area contributed by atoms with Crippen LogP contribution in [0, 0.1) is 11.3 Å². The normalized spacial score (nSPS) is 13.3. The number of nitrogens with zero attached hydrogens (tertiary/aromatic N) is 1. The van der Waals surface area contributed by atoms with Gasteiger partial charge in [0.1, 0.15) is 0 Å². The first-order chi connectivity index (χ1) is 9.20. The van der Waals surface area contributed by atoms with E-state index in [-0.39, 0.29) is 0 Å². The summed E-state index contributed by atoms with van der Waals surface area (Å²) in [6.07, 6.45) is -1.11. The van der Waals surface area contributed by atoms with Crippen molar-refractivity contribution in [1.82, 2.24) is 0 Å². The molecule has 0 fully saturated rings. The number of para-hydroxylation sites is 1. The fourth-order valence-electron chi connectivity index (χ4n) is 1.80. The molecule has 96 valence electrons. The molecule has 3 nitrogen and oxygen atoms in total. The van der Waals surface area contributed by atoms with Gasteiger partial charge in [-0.25, -0.2) is 0 Å². The van der Waals surface area contributed by atoms with Gasteiger partial charge in [0, 0.05) is 10.2 Å². The summed E-state index contributed by atoms with van der Waals surface area (Å²) < 4.78 is 0.959. The molecule has 2 aromatic rings. The highest BCUT2D eigenvalue weighted by atomic mass is 79.9. The Bertz CT molecular complexity index is 563. The molecule has 0 heterocycles. The minimum Gasteiger partial charge on any atom is -0.376 e. The molecule has 0 unspecified atom stereocenters. The van der Waals surface area contributed by atoms with Crippen LogP contribution in [-0.4, -0.2) is 11.2 Å². The van der Waals surface area contributed by atoms with Gasteiger partial charge < -0.3 is 10.4 Å². The maximum Gasteiger partial charge on any atom is 0.164 e. The average molecular weight is 317 g/mol. The van der Waals surface area contributed by atoms with E-state index < -0.39 is 12.1 Å². The molecule has 0 saturated heterocycles. The van der Waals surface area contributed by atoms with Gasteiger partial charge in [0.25, 0.3) is 0 Å². The van der Waals surface area contributed by atoms with Crippen LogP contribution < -0.4 is 5.32 Å². The Morgan fingerprint density at radius 1 is 1.05 bits per heavy atom. The third-order valence-electron chi connectivity index (χ3n) is 2.77. The summed E-state index contributed by atoms with van der Waals surface area (Å²) in [7, 11) is 0. The molecule has 0 aliphatic heterocycles. The van der Waals surface area contributed by atoms with Gasteiger partial charge in [-0.15, -0.1) is 0 Å². The van der Waals surface area contributed by atoms with E-state index in [0.717, 1.165) is 15.7 Å². The zero-order chi connectivity index (χ0) is 13.7. The van der Waals surface area contributed by atoms with E-state index in [0.29, 0.717) is 0 Å². The highest BCUT2D eigenvalue weighted by molar-refractivity contribution is 9.10. The van der Waals surface area contributed by atoms with Crippen LogP contribution in [0.1, 0.15) is 11.6 Å². The number of benzene rings is 2. The molecule has 0 saturated carbocycles. The van der Waals surface area contributed by atoms with E-state index in [1.54, 1.807) is 0 Å². The van der Waals surface area contributed by atoms with Crippen molar-refractivity contribution in [3.8, 4) is 6.07 Å². The second-order valence-electron chi connectivity index (χ2n) is 4.11. The first-order valence-electron chi connectivity index (χ1n) is 5.85. The van der Waals surface area contributed by atoms with Crippen molar-refractivity contribution in [3.05, 3.63) is 64.6 Å². The Balaban J connectivity index is 2.27. The van der Waals surface area contributed by atoms with Gasteiger partial charge >= 0.3 is 0 Å². The molecule has 2 N–H and O–H groups in total. The number of nitriles is 1. The summed E-state index contributed by atoms with van der Waals surface area (Å²) in [6.45, 7) is 0. The lowest BCUT2D eigenvalue weighted by molar-refractivity contribution is 0.207. The minimum atomic E-state index is -1.11. The van der Waals surface area contributed by atoms with Crippen LogP contribution in [0.4, 0.5) is 5.69 Å². The Hall–Kier alpha value is -1.83. The number of rotatable bonds is 4. The van der Waals surface area contributed by atoms with Gasteiger partial charge in [-0.1, -0.05) is 46.3 Å². The van der Waals surface area contributed by atoms with Gasteiger partial charge in [-0.2, -0.15) is 5.26 Å². The Morgan fingerprint density at radius 3 is 2.26 bits per heavy atom. The molecule has 0 aliphatic carbocycles. The van der Waals surface area contributed by atoms with Crippen molar-refractivity contribution in [2.75, 3.05) is 5.32 Å². The van der Waals surface area contributed by atoms with Gasteiger partial charge in [0.05, 0.1) is 12.1 Å². The summed E-state index contributed by atoms with van der Waals surface area (Å²) in [4.78, 5) is 0. The Labute approximate surface area is 120 Å². The number of nitrogens with one attached hydrogen (secondary N) is 1. The lowest BCUT2D eigenvalue weighted by Gasteiger charge is -2.21. The van der Waals surface area contributed by atoms with E-state index >= 15 is 0 Å². The second-order valence-corrected chi connectivity index (χ2v) is 5.03. The largest absolute Gasteiger partial charge is 0.376 e. The number of anilines is 1. The molecular formula is C15H13BrN2O. The summed E-state index contributed by atoms with van der Waals surface area (Å²) in [5.74, 6) is 0. The van der Waals surface area contributed by atoms with Crippen molar-refractivity contribution < 1.29 is 5.11 Å². The topological polar surface area (TPSA) is 56.0 Å². The van der Waals surface area contributed by atoms with Crippen LogP contribution in [0.5, 0.6) is 0 Å². The standard InChI is InChI=1S/C15H13BrN2O/c16-12-8-6-11(7-9-12)15(14(19)10-17)18-13-4-2-1-3-5-13/h1-9,14-15,18-19H/t14-,15-/m0/s1. The molecule has 4 heteroatoms. The number of hydrogen-bond acceptors (Lipinski definition) is 3. The molecular weight excluding hydrogens is 304 g/mol. The minimum absolute atomic E-state index is 0.458. The maximum absolute atomic E-state index is 9.87. The first kappa shape index (κ1) is 13.6. The molecule has 0 spiro atoms. The van der Waals surface area contributed by atoms with Crippen molar-refractivity contribution in [3.63, 3.8) is 0 Å².